The zero-order chi connectivity index (χ0) is 34.3. The number of hydrogen-bond donors (Lipinski definition) is 0. The smallest absolute Gasteiger partial charge is 0.0714 e. The molecular formula is C50H35Cl. The number of hydrogen-bond acceptors (Lipinski definition) is 0. The maximum atomic E-state index is 6.44. The summed E-state index contributed by atoms with van der Waals surface area (Å²) in [7, 11) is 0. The van der Waals surface area contributed by atoms with Crippen molar-refractivity contribution in [2.24, 2.45) is 0 Å². The zero-order valence-electron chi connectivity index (χ0n) is 28.6. The van der Waals surface area contributed by atoms with Crippen LogP contribution in [-0.4, -0.2) is 0 Å². The first kappa shape index (κ1) is 30.2. The minimum absolute atomic E-state index is 0.0611. The molecule has 0 nitrogen and oxygen atoms in total. The van der Waals surface area contributed by atoms with Gasteiger partial charge in [-0.2, -0.15) is 0 Å². The van der Waals surface area contributed by atoms with Gasteiger partial charge in [-0.1, -0.05) is 165 Å². The predicted molar refractivity (Wildman–Crippen MR) is 215 cm³/mol. The minimum atomic E-state index is -0.526. The highest BCUT2D eigenvalue weighted by atomic mass is 35.5. The first-order valence-corrected chi connectivity index (χ1v) is 18.2. The van der Waals surface area contributed by atoms with E-state index < -0.39 is 5.41 Å². The van der Waals surface area contributed by atoms with Crippen LogP contribution in [-0.2, 0) is 10.8 Å². The van der Waals surface area contributed by atoms with Gasteiger partial charge in [-0.05, 0) is 125 Å². The molecule has 0 saturated carbocycles. The van der Waals surface area contributed by atoms with Crippen LogP contribution in [0.2, 0.25) is 5.02 Å². The highest BCUT2D eigenvalue weighted by molar-refractivity contribution is 6.30. The molecule has 1 heteroatoms. The molecule has 0 saturated heterocycles. The molecule has 51 heavy (non-hydrogen) atoms. The summed E-state index contributed by atoms with van der Waals surface area (Å²) in [5.74, 6) is 0. The number of benzene rings is 8. The van der Waals surface area contributed by atoms with E-state index in [1.54, 1.807) is 0 Å². The van der Waals surface area contributed by atoms with Crippen LogP contribution in [0.4, 0.5) is 0 Å². The summed E-state index contributed by atoms with van der Waals surface area (Å²) in [4.78, 5) is 0. The Morgan fingerprint density at radius 2 is 0.941 bits per heavy atom. The van der Waals surface area contributed by atoms with Crippen molar-refractivity contribution < 1.29 is 0 Å². The highest BCUT2D eigenvalue weighted by Crippen LogP contribution is 2.59. The lowest BCUT2D eigenvalue weighted by Gasteiger charge is -2.35. The van der Waals surface area contributed by atoms with E-state index in [9.17, 15) is 0 Å². The van der Waals surface area contributed by atoms with E-state index in [0.717, 1.165) is 16.1 Å². The van der Waals surface area contributed by atoms with Crippen LogP contribution in [0.3, 0.4) is 0 Å². The van der Waals surface area contributed by atoms with Crippen LogP contribution in [0, 0.1) is 0 Å². The SMILES string of the molecule is CC1(C)c2ccccc2-c2cc(C3(c4ccc(-c5cccc(Cl)c5)cc4)c4ccccc4-c4cc5cc(-c6ccccc6)ccc5cc43)ccc21. The van der Waals surface area contributed by atoms with E-state index >= 15 is 0 Å². The Morgan fingerprint density at radius 1 is 0.353 bits per heavy atom. The molecular weight excluding hydrogens is 636 g/mol. The van der Waals surface area contributed by atoms with Gasteiger partial charge < -0.3 is 0 Å². The van der Waals surface area contributed by atoms with E-state index in [2.05, 4.69) is 172 Å². The maximum Gasteiger partial charge on any atom is 0.0714 e. The summed E-state index contributed by atoms with van der Waals surface area (Å²) >= 11 is 6.44. The van der Waals surface area contributed by atoms with E-state index in [1.807, 2.05) is 18.2 Å². The van der Waals surface area contributed by atoms with Crippen LogP contribution >= 0.6 is 11.6 Å². The fourth-order valence-electron chi connectivity index (χ4n) is 9.15. The molecule has 0 fully saturated rings. The molecule has 8 aromatic carbocycles. The fourth-order valence-corrected chi connectivity index (χ4v) is 9.34. The third-order valence-electron chi connectivity index (χ3n) is 11.6. The summed E-state index contributed by atoms with van der Waals surface area (Å²) in [6.07, 6.45) is 0. The van der Waals surface area contributed by atoms with Crippen LogP contribution < -0.4 is 0 Å². The van der Waals surface area contributed by atoms with Gasteiger partial charge in [0.25, 0.3) is 0 Å². The van der Waals surface area contributed by atoms with Crippen LogP contribution in [0.15, 0.2) is 176 Å². The molecule has 0 heterocycles. The summed E-state index contributed by atoms with van der Waals surface area (Å²) in [5, 5.41) is 3.24. The molecule has 0 bridgehead atoms. The van der Waals surface area contributed by atoms with Crippen LogP contribution in [0.1, 0.15) is 47.2 Å². The van der Waals surface area contributed by atoms with Crippen molar-refractivity contribution in [1.82, 2.24) is 0 Å². The second-order valence-electron chi connectivity index (χ2n) is 14.6. The van der Waals surface area contributed by atoms with E-state index in [1.165, 1.54) is 77.5 Å². The Kier molecular flexibility index (Phi) is 6.60. The van der Waals surface area contributed by atoms with Crippen LogP contribution in [0.5, 0.6) is 0 Å². The Bertz CT molecular complexity index is 2660. The van der Waals surface area contributed by atoms with Gasteiger partial charge in [0, 0.05) is 10.4 Å². The van der Waals surface area contributed by atoms with Crippen molar-refractivity contribution in [3.05, 3.63) is 214 Å². The summed E-state index contributed by atoms with van der Waals surface area (Å²) < 4.78 is 0. The number of fused-ring (bicyclic) bond motifs is 7. The van der Waals surface area contributed by atoms with Crippen molar-refractivity contribution in [2.45, 2.75) is 24.7 Å². The lowest BCUT2D eigenvalue weighted by molar-refractivity contribution is 0.659. The molecule has 0 aliphatic heterocycles. The predicted octanol–water partition coefficient (Wildman–Crippen LogP) is 13.5. The number of halogens is 1. The first-order chi connectivity index (χ1) is 24.9. The fraction of sp³-hybridized carbons (Fsp3) is 0.0800. The van der Waals surface area contributed by atoms with Crippen molar-refractivity contribution in [3.63, 3.8) is 0 Å². The molecule has 8 aromatic rings. The summed E-state index contributed by atoms with van der Waals surface area (Å²) in [6.45, 7) is 4.72. The van der Waals surface area contributed by atoms with Gasteiger partial charge >= 0.3 is 0 Å². The van der Waals surface area contributed by atoms with Gasteiger partial charge in [0.2, 0.25) is 0 Å². The summed E-state index contributed by atoms with van der Waals surface area (Å²) in [6, 6.07) is 65.2. The lowest BCUT2D eigenvalue weighted by atomic mass is 9.66. The second-order valence-corrected chi connectivity index (χ2v) is 15.1. The van der Waals surface area contributed by atoms with Crippen molar-refractivity contribution in [2.75, 3.05) is 0 Å². The third kappa shape index (κ3) is 4.40. The third-order valence-corrected chi connectivity index (χ3v) is 11.8. The van der Waals surface area contributed by atoms with Crippen molar-refractivity contribution in [1.29, 1.82) is 0 Å². The van der Waals surface area contributed by atoms with Gasteiger partial charge in [-0.25, -0.2) is 0 Å². The molecule has 0 aromatic heterocycles. The van der Waals surface area contributed by atoms with Crippen LogP contribution in [0.25, 0.3) is 55.3 Å². The van der Waals surface area contributed by atoms with E-state index in [4.69, 9.17) is 11.6 Å². The Morgan fingerprint density at radius 3 is 1.73 bits per heavy atom. The second kappa shape index (κ2) is 11.2. The largest absolute Gasteiger partial charge is 0.0843 e. The quantitative estimate of drug-likeness (QED) is 0.175. The standard InChI is InChI=1S/C50H35Cl/c1-49(2)45-17-8-6-15-41(45)44-31-39(25-26-46(44)49)50(38-23-21-33(22-24-38)34-13-10-14-40(51)28-34)47-18-9-7-16-42(47)43-29-37-27-35(32-11-4-3-5-12-32)19-20-36(37)30-48(43)50/h3-31H,1-2H3. The molecule has 2 aliphatic carbocycles. The molecule has 10 rings (SSSR count). The highest BCUT2D eigenvalue weighted by Gasteiger charge is 2.47. The Balaban J connectivity index is 1.26. The van der Waals surface area contributed by atoms with Gasteiger partial charge in [0.1, 0.15) is 0 Å². The maximum absolute atomic E-state index is 6.44. The van der Waals surface area contributed by atoms with Gasteiger partial charge in [-0.3, -0.25) is 0 Å². The molecule has 1 atom stereocenters. The monoisotopic (exact) mass is 670 g/mol. The molecule has 0 N–H and O–H groups in total. The van der Waals surface area contributed by atoms with E-state index in [-0.39, 0.29) is 5.41 Å². The normalized spacial score (nSPS) is 16.4. The van der Waals surface area contributed by atoms with E-state index in [0.29, 0.717) is 0 Å². The van der Waals surface area contributed by atoms with Gasteiger partial charge in [-0.15, -0.1) is 0 Å². The molecule has 1 unspecified atom stereocenters. The molecule has 0 radical (unpaired) electrons. The van der Waals surface area contributed by atoms with Crippen molar-refractivity contribution in [3.8, 4) is 44.5 Å². The Hall–Kier alpha value is -5.69. The summed E-state index contributed by atoms with van der Waals surface area (Å²) in [5.41, 5.74) is 17.4. The van der Waals surface area contributed by atoms with Crippen molar-refractivity contribution >= 4 is 22.4 Å². The lowest BCUT2D eigenvalue weighted by Crippen LogP contribution is -2.29. The van der Waals surface area contributed by atoms with Gasteiger partial charge in [0.15, 0.2) is 0 Å². The zero-order valence-corrected chi connectivity index (χ0v) is 29.4. The number of rotatable bonds is 4. The first-order valence-electron chi connectivity index (χ1n) is 17.8. The molecule has 2 aliphatic rings. The minimum Gasteiger partial charge on any atom is -0.0843 e. The average Bonchev–Trinajstić information content (AvgIpc) is 3.59. The molecule has 242 valence electrons. The molecule has 0 amide bonds. The Labute approximate surface area is 304 Å². The topological polar surface area (TPSA) is 0 Å². The molecule has 0 spiro atoms. The van der Waals surface area contributed by atoms with Gasteiger partial charge in [0.05, 0.1) is 5.41 Å². The average molecular weight is 671 g/mol.